The molecule has 2 aromatic carbocycles. The Bertz CT molecular complexity index is 894. The zero-order chi connectivity index (χ0) is 17.8. The highest BCUT2D eigenvalue weighted by molar-refractivity contribution is 9.09. The van der Waals surface area contributed by atoms with Crippen molar-refractivity contribution in [2.24, 2.45) is 0 Å². The van der Waals surface area contributed by atoms with Crippen molar-refractivity contribution >= 4 is 27.5 Å². The molecule has 3 N–H and O–H groups in total. The number of H-pyrrole nitrogens is 1. The summed E-state index contributed by atoms with van der Waals surface area (Å²) in [7, 11) is 0. The molecule has 0 saturated heterocycles. The van der Waals surface area contributed by atoms with Crippen molar-refractivity contribution in [3.8, 4) is 17.0 Å². The average Bonchev–Trinajstić information content (AvgIpc) is 3.01. The van der Waals surface area contributed by atoms with Gasteiger partial charge in [0.15, 0.2) is 11.6 Å². The van der Waals surface area contributed by atoms with Crippen LogP contribution in [0.2, 0.25) is 0 Å². The molecule has 1 aromatic heterocycles. The molecule has 3 rings (SSSR count). The molecule has 0 fully saturated rings. The molecular formula is C18H15BrFN3O2. The third-order valence-electron chi connectivity index (χ3n) is 3.60. The number of aromatic nitrogens is 2. The summed E-state index contributed by atoms with van der Waals surface area (Å²) in [4.78, 5) is 12.9. The van der Waals surface area contributed by atoms with E-state index in [1.807, 2.05) is 0 Å². The van der Waals surface area contributed by atoms with Gasteiger partial charge >= 0.3 is 0 Å². The molecule has 0 aliphatic carbocycles. The van der Waals surface area contributed by atoms with Gasteiger partial charge in [0.1, 0.15) is 11.6 Å². The fourth-order valence-corrected chi connectivity index (χ4v) is 2.60. The molecule has 0 radical (unpaired) electrons. The molecule has 1 heterocycles. The van der Waals surface area contributed by atoms with Gasteiger partial charge in [0, 0.05) is 16.5 Å². The highest BCUT2D eigenvalue weighted by atomic mass is 79.9. The molecule has 0 bridgehead atoms. The van der Waals surface area contributed by atoms with Gasteiger partial charge in [0.05, 0.1) is 17.9 Å². The minimum Gasteiger partial charge on any atom is -0.493 e. The van der Waals surface area contributed by atoms with Crippen LogP contribution in [0.5, 0.6) is 5.75 Å². The number of nitrogens with one attached hydrogen (secondary N) is 1. The van der Waals surface area contributed by atoms with Crippen LogP contribution < -0.4 is 10.5 Å². The van der Waals surface area contributed by atoms with E-state index in [4.69, 9.17) is 10.5 Å². The number of hydrogen-bond donors (Lipinski definition) is 2. The van der Waals surface area contributed by atoms with E-state index in [1.165, 1.54) is 12.1 Å². The van der Waals surface area contributed by atoms with Gasteiger partial charge in [-0.1, -0.05) is 28.1 Å². The topological polar surface area (TPSA) is 81.0 Å². The number of nitrogens with zero attached hydrogens (tertiary/aromatic N) is 1. The molecular weight excluding hydrogens is 389 g/mol. The van der Waals surface area contributed by atoms with Crippen LogP contribution in [-0.2, 0) is 0 Å². The Morgan fingerprint density at radius 3 is 2.72 bits per heavy atom. The smallest absolute Gasteiger partial charge is 0.199 e. The number of ketones is 1. The lowest BCUT2D eigenvalue weighted by Gasteiger charge is -2.07. The number of anilines is 1. The van der Waals surface area contributed by atoms with Gasteiger partial charge < -0.3 is 10.5 Å². The van der Waals surface area contributed by atoms with Crippen LogP contribution in [-0.4, -0.2) is 27.9 Å². The quantitative estimate of drug-likeness (QED) is 0.484. The normalized spacial score (nSPS) is 10.6. The Kier molecular flexibility index (Phi) is 5.14. The van der Waals surface area contributed by atoms with Crippen LogP contribution >= 0.6 is 15.9 Å². The van der Waals surface area contributed by atoms with Gasteiger partial charge in [0.25, 0.3) is 0 Å². The maximum atomic E-state index is 13.1. The van der Waals surface area contributed by atoms with Gasteiger partial charge in [-0.2, -0.15) is 5.10 Å². The fraction of sp³-hybridized carbons (Fsp3) is 0.111. The molecule has 25 heavy (non-hydrogen) atoms. The zero-order valence-electron chi connectivity index (χ0n) is 13.1. The Morgan fingerprint density at radius 1 is 1.24 bits per heavy atom. The van der Waals surface area contributed by atoms with Gasteiger partial charge in [-0.3, -0.25) is 9.89 Å². The molecule has 0 spiro atoms. The second kappa shape index (κ2) is 7.48. The number of hydrogen-bond acceptors (Lipinski definition) is 4. The minimum atomic E-state index is -0.360. The van der Waals surface area contributed by atoms with Crippen LogP contribution in [0.25, 0.3) is 11.3 Å². The molecule has 128 valence electrons. The zero-order valence-corrected chi connectivity index (χ0v) is 14.7. The largest absolute Gasteiger partial charge is 0.493 e. The van der Waals surface area contributed by atoms with Gasteiger partial charge in [-0.15, -0.1) is 0 Å². The number of benzene rings is 2. The summed E-state index contributed by atoms with van der Waals surface area (Å²) < 4.78 is 18.7. The molecule has 7 heteroatoms. The number of carbonyl (C=O) groups excluding carboxylic acids is 1. The average molecular weight is 404 g/mol. The number of aromatic amines is 1. The summed E-state index contributed by atoms with van der Waals surface area (Å²) in [5.41, 5.74) is 7.66. The number of alkyl halides is 1. The van der Waals surface area contributed by atoms with Crippen molar-refractivity contribution in [1.82, 2.24) is 10.2 Å². The molecule has 0 amide bonds. The Hall–Kier alpha value is -2.67. The summed E-state index contributed by atoms with van der Waals surface area (Å²) in [6.45, 7) is 0.492. The number of nitrogen functional groups attached to an aromatic ring is 1. The van der Waals surface area contributed by atoms with Crippen molar-refractivity contribution in [2.75, 3.05) is 17.7 Å². The third-order valence-corrected chi connectivity index (χ3v) is 3.92. The second-order valence-corrected chi connectivity index (χ2v) is 6.05. The lowest BCUT2D eigenvalue weighted by molar-refractivity contribution is 0.104. The fourth-order valence-electron chi connectivity index (χ4n) is 2.44. The Morgan fingerprint density at radius 2 is 2.00 bits per heavy atom. The number of ether oxygens (including phenoxy) is 1. The van der Waals surface area contributed by atoms with Crippen molar-refractivity contribution in [1.29, 1.82) is 0 Å². The van der Waals surface area contributed by atoms with Gasteiger partial charge in [-0.05, 0) is 36.4 Å². The van der Waals surface area contributed by atoms with Crippen molar-refractivity contribution in [3.63, 3.8) is 0 Å². The third kappa shape index (κ3) is 3.71. The maximum Gasteiger partial charge on any atom is 0.199 e. The first-order valence-electron chi connectivity index (χ1n) is 7.53. The van der Waals surface area contributed by atoms with E-state index < -0.39 is 0 Å². The van der Waals surface area contributed by atoms with E-state index in [2.05, 4.69) is 26.1 Å². The van der Waals surface area contributed by atoms with E-state index in [-0.39, 0.29) is 23.0 Å². The monoisotopic (exact) mass is 403 g/mol. The number of nitrogens with two attached hydrogens (primary N) is 1. The predicted molar refractivity (Wildman–Crippen MR) is 97.6 cm³/mol. The van der Waals surface area contributed by atoms with Crippen molar-refractivity contribution in [2.45, 2.75) is 0 Å². The lowest BCUT2D eigenvalue weighted by atomic mass is 9.99. The summed E-state index contributed by atoms with van der Waals surface area (Å²) in [5.74, 6) is 0.0439. The molecule has 3 aromatic rings. The van der Waals surface area contributed by atoms with Crippen molar-refractivity contribution in [3.05, 3.63) is 65.5 Å². The van der Waals surface area contributed by atoms with E-state index in [0.717, 1.165) is 0 Å². The summed E-state index contributed by atoms with van der Waals surface area (Å²) in [5, 5.41) is 7.38. The molecule has 0 atom stereocenters. The second-order valence-electron chi connectivity index (χ2n) is 5.26. The summed E-state index contributed by atoms with van der Waals surface area (Å²) in [6, 6.07) is 12.6. The predicted octanol–water partition coefficient (Wildman–Crippen LogP) is 3.80. The highest BCUT2D eigenvalue weighted by Crippen LogP contribution is 2.28. The summed E-state index contributed by atoms with van der Waals surface area (Å²) in [6.07, 6.45) is 0. The standard InChI is InChI=1S/C18H15BrFN3O2/c19-8-9-25-14-3-1-2-12(10-14)17(24)15-16(22-23-18(15)21)11-4-6-13(20)7-5-11/h1-7,10H,8-9H2,(H3,21,22,23). The van der Waals surface area contributed by atoms with Crippen molar-refractivity contribution < 1.29 is 13.9 Å². The molecule has 0 unspecified atom stereocenters. The molecule has 5 nitrogen and oxygen atoms in total. The number of halogens is 2. The molecule has 0 saturated carbocycles. The van der Waals surface area contributed by atoms with Crippen LogP contribution in [0.15, 0.2) is 48.5 Å². The molecule has 0 aliphatic rings. The number of carbonyl (C=O) groups is 1. The first kappa shape index (κ1) is 17.2. The molecule has 0 aliphatic heterocycles. The van der Waals surface area contributed by atoms with E-state index in [9.17, 15) is 9.18 Å². The van der Waals surface area contributed by atoms with Gasteiger partial charge in [0.2, 0.25) is 0 Å². The summed E-state index contributed by atoms with van der Waals surface area (Å²) >= 11 is 3.29. The van der Waals surface area contributed by atoms with Gasteiger partial charge in [-0.25, -0.2) is 4.39 Å². The van der Waals surface area contributed by atoms with Crippen LogP contribution in [0.1, 0.15) is 15.9 Å². The van der Waals surface area contributed by atoms with Crippen LogP contribution in [0, 0.1) is 5.82 Å². The first-order chi connectivity index (χ1) is 12.1. The van der Waals surface area contributed by atoms with E-state index in [0.29, 0.717) is 34.5 Å². The Balaban J connectivity index is 1.98. The first-order valence-corrected chi connectivity index (χ1v) is 8.65. The lowest BCUT2D eigenvalue weighted by Crippen LogP contribution is -2.06. The number of rotatable bonds is 6. The Labute approximate surface area is 152 Å². The highest BCUT2D eigenvalue weighted by Gasteiger charge is 2.21. The SMILES string of the molecule is Nc1n[nH]c(-c2ccc(F)cc2)c1C(=O)c1cccc(OCCBr)c1. The van der Waals surface area contributed by atoms with Crippen LogP contribution in [0.3, 0.4) is 0 Å². The maximum absolute atomic E-state index is 13.1. The van der Waals surface area contributed by atoms with E-state index >= 15 is 0 Å². The van der Waals surface area contributed by atoms with Crippen LogP contribution in [0.4, 0.5) is 10.2 Å². The minimum absolute atomic E-state index is 0.0936. The van der Waals surface area contributed by atoms with E-state index in [1.54, 1.807) is 36.4 Å².